The molecule has 1 saturated heterocycles. The van der Waals surface area contributed by atoms with E-state index in [1.807, 2.05) is 0 Å². The predicted octanol–water partition coefficient (Wildman–Crippen LogP) is 4.11. The topological polar surface area (TPSA) is 15.3 Å². The molecule has 0 spiro atoms. The number of nitrogens with one attached hydrogen (secondary N) is 1. The maximum atomic E-state index is 3.84. The molecule has 2 fully saturated rings. The van der Waals surface area contributed by atoms with E-state index in [9.17, 15) is 0 Å². The van der Waals surface area contributed by atoms with Crippen LogP contribution in [0.3, 0.4) is 0 Å². The Morgan fingerprint density at radius 2 is 2.15 bits per heavy atom. The van der Waals surface area contributed by atoms with Crippen molar-refractivity contribution < 1.29 is 0 Å². The van der Waals surface area contributed by atoms with Crippen molar-refractivity contribution in [2.75, 3.05) is 18.0 Å². The van der Waals surface area contributed by atoms with Crippen LogP contribution in [0.5, 0.6) is 0 Å². The molecular weight excluding hydrogens is 312 g/mol. The van der Waals surface area contributed by atoms with Crippen LogP contribution in [-0.4, -0.2) is 24.7 Å². The van der Waals surface area contributed by atoms with Crippen molar-refractivity contribution >= 4 is 21.6 Å². The molecule has 3 rings (SSSR count). The third kappa shape index (κ3) is 2.62. The summed E-state index contributed by atoms with van der Waals surface area (Å²) >= 11 is 3.75. The highest BCUT2D eigenvalue weighted by Crippen LogP contribution is 2.43. The maximum absolute atomic E-state index is 3.84. The van der Waals surface area contributed by atoms with Gasteiger partial charge in [-0.25, -0.2) is 0 Å². The van der Waals surface area contributed by atoms with Crippen molar-refractivity contribution in [2.24, 2.45) is 5.92 Å². The highest BCUT2D eigenvalue weighted by atomic mass is 79.9. The summed E-state index contributed by atoms with van der Waals surface area (Å²) in [5.74, 6) is 0.867. The van der Waals surface area contributed by atoms with E-state index >= 15 is 0 Å². The van der Waals surface area contributed by atoms with Crippen LogP contribution in [0.4, 0.5) is 5.69 Å². The minimum atomic E-state index is 0.287. The number of piperazine rings is 1. The SMILES string of the molecule is CCC1CNC(C)(C2CC2)CN1c1cc(C)ccc1Br. The second-order valence-corrected chi connectivity index (χ2v) is 7.57. The van der Waals surface area contributed by atoms with Gasteiger partial charge in [0, 0.05) is 29.1 Å². The lowest BCUT2D eigenvalue weighted by Gasteiger charge is -2.48. The van der Waals surface area contributed by atoms with Crippen LogP contribution in [0.1, 0.15) is 38.7 Å². The monoisotopic (exact) mass is 336 g/mol. The Hall–Kier alpha value is -0.540. The van der Waals surface area contributed by atoms with Gasteiger partial charge < -0.3 is 10.2 Å². The zero-order chi connectivity index (χ0) is 14.3. The molecule has 1 aromatic rings. The molecule has 1 heterocycles. The Morgan fingerprint density at radius 1 is 1.40 bits per heavy atom. The van der Waals surface area contributed by atoms with Gasteiger partial charge in [0.25, 0.3) is 0 Å². The van der Waals surface area contributed by atoms with Crippen LogP contribution in [-0.2, 0) is 0 Å². The summed E-state index contributed by atoms with van der Waals surface area (Å²) in [6, 6.07) is 7.29. The normalized spacial score (nSPS) is 30.6. The lowest BCUT2D eigenvalue weighted by molar-refractivity contribution is 0.252. The van der Waals surface area contributed by atoms with Crippen LogP contribution in [0.25, 0.3) is 0 Å². The van der Waals surface area contributed by atoms with E-state index in [2.05, 4.69) is 65.1 Å². The Labute approximate surface area is 131 Å². The number of halogens is 1. The first-order chi connectivity index (χ1) is 9.53. The molecule has 1 aliphatic heterocycles. The molecule has 3 heteroatoms. The second-order valence-electron chi connectivity index (χ2n) is 6.72. The zero-order valence-corrected chi connectivity index (χ0v) is 14.3. The van der Waals surface area contributed by atoms with Crippen LogP contribution < -0.4 is 10.2 Å². The largest absolute Gasteiger partial charge is 0.365 e. The van der Waals surface area contributed by atoms with Crippen molar-refractivity contribution in [3.63, 3.8) is 0 Å². The van der Waals surface area contributed by atoms with Crippen molar-refractivity contribution in [3.8, 4) is 0 Å². The molecule has 2 aliphatic rings. The Morgan fingerprint density at radius 3 is 2.80 bits per heavy atom. The van der Waals surface area contributed by atoms with Gasteiger partial charge in [-0.1, -0.05) is 13.0 Å². The lowest BCUT2D eigenvalue weighted by atomic mass is 9.90. The van der Waals surface area contributed by atoms with Crippen LogP contribution in [0, 0.1) is 12.8 Å². The first kappa shape index (κ1) is 14.4. The standard InChI is InChI=1S/C17H25BrN2/c1-4-14-10-19-17(3,13-6-7-13)11-20(14)16-9-12(2)5-8-15(16)18/h5,8-9,13-14,19H,4,6-7,10-11H2,1-3H3. The fourth-order valence-electron chi connectivity index (χ4n) is 3.48. The first-order valence-electron chi connectivity index (χ1n) is 7.81. The van der Waals surface area contributed by atoms with E-state index in [1.54, 1.807) is 0 Å². The fourth-order valence-corrected chi connectivity index (χ4v) is 3.96. The van der Waals surface area contributed by atoms with E-state index in [0.29, 0.717) is 6.04 Å². The molecule has 1 aromatic carbocycles. The molecule has 1 saturated carbocycles. The molecule has 0 radical (unpaired) electrons. The molecule has 1 aliphatic carbocycles. The third-order valence-corrected chi connectivity index (χ3v) is 5.71. The average molecular weight is 337 g/mol. The molecule has 2 nitrogen and oxygen atoms in total. The van der Waals surface area contributed by atoms with Gasteiger partial charge in [0.1, 0.15) is 0 Å². The quantitative estimate of drug-likeness (QED) is 0.893. The van der Waals surface area contributed by atoms with Gasteiger partial charge in [-0.2, -0.15) is 0 Å². The molecule has 20 heavy (non-hydrogen) atoms. The Bertz CT molecular complexity index is 498. The number of nitrogens with zero attached hydrogens (tertiary/aromatic N) is 1. The van der Waals surface area contributed by atoms with Crippen LogP contribution in [0.15, 0.2) is 22.7 Å². The first-order valence-corrected chi connectivity index (χ1v) is 8.60. The summed E-state index contributed by atoms with van der Waals surface area (Å²) < 4.78 is 1.22. The van der Waals surface area contributed by atoms with Crippen molar-refractivity contribution in [3.05, 3.63) is 28.2 Å². The van der Waals surface area contributed by atoms with Gasteiger partial charge in [0.2, 0.25) is 0 Å². The Balaban J connectivity index is 1.92. The third-order valence-electron chi connectivity index (χ3n) is 5.04. The number of anilines is 1. The molecule has 0 amide bonds. The number of benzene rings is 1. The van der Waals surface area contributed by atoms with Crippen molar-refractivity contribution in [1.82, 2.24) is 5.32 Å². The van der Waals surface area contributed by atoms with E-state index in [-0.39, 0.29) is 5.54 Å². The van der Waals surface area contributed by atoms with Crippen LogP contribution in [0.2, 0.25) is 0 Å². The number of hydrogen-bond acceptors (Lipinski definition) is 2. The molecule has 2 unspecified atom stereocenters. The number of aryl methyl sites for hydroxylation is 1. The minimum Gasteiger partial charge on any atom is -0.365 e. The van der Waals surface area contributed by atoms with Gasteiger partial charge in [-0.05, 0) is 72.7 Å². The Kier molecular flexibility index (Phi) is 3.85. The van der Waals surface area contributed by atoms with E-state index in [0.717, 1.165) is 19.0 Å². The molecular formula is C17H25BrN2. The average Bonchev–Trinajstić information content (AvgIpc) is 3.26. The summed E-state index contributed by atoms with van der Waals surface area (Å²) in [6.45, 7) is 9.11. The van der Waals surface area contributed by atoms with E-state index in [4.69, 9.17) is 0 Å². The van der Waals surface area contributed by atoms with Gasteiger partial charge in [-0.15, -0.1) is 0 Å². The van der Waals surface area contributed by atoms with E-state index < -0.39 is 0 Å². The summed E-state index contributed by atoms with van der Waals surface area (Å²) in [7, 11) is 0. The summed E-state index contributed by atoms with van der Waals surface area (Å²) in [5.41, 5.74) is 2.99. The molecule has 2 atom stereocenters. The van der Waals surface area contributed by atoms with E-state index in [1.165, 1.54) is 35.0 Å². The highest BCUT2D eigenvalue weighted by Gasteiger charge is 2.46. The second kappa shape index (κ2) is 5.34. The molecule has 0 aromatic heterocycles. The van der Waals surface area contributed by atoms with Gasteiger partial charge >= 0.3 is 0 Å². The zero-order valence-electron chi connectivity index (χ0n) is 12.7. The smallest absolute Gasteiger partial charge is 0.0516 e. The fraction of sp³-hybridized carbons (Fsp3) is 0.647. The van der Waals surface area contributed by atoms with Crippen molar-refractivity contribution in [1.29, 1.82) is 0 Å². The summed E-state index contributed by atoms with van der Waals surface area (Å²) in [4.78, 5) is 2.63. The number of rotatable bonds is 3. The molecule has 1 N–H and O–H groups in total. The van der Waals surface area contributed by atoms with Gasteiger partial charge in [-0.3, -0.25) is 0 Å². The van der Waals surface area contributed by atoms with Crippen LogP contribution >= 0.6 is 15.9 Å². The van der Waals surface area contributed by atoms with Crippen molar-refractivity contribution in [2.45, 2.75) is 51.6 Å². The summed E-state index contributed by atoms with van der Waals surface area (Å²) in [6.07, 6.45) is 3.97. The van der Waals surface area contributed by atoms with Gasteiger partial charge in [0.15, 0.2) is 0 Å². The van der Waals surface area contributed by atoms with Gasteiger partial charge in [0.05, 0.1) is 5.69 Å². The molecule has 0 bridgehead atoms. The maximum Gasteiger partial charge on any atom is 0.0516 e. The predicted molar refractivity (Wildman–Crippen MR) is 89.4 cm³/mol. The summed E-state index contributed by atoms with van der Waals surface area (Å²) in [5, 5.41) is 3.84. The minimum absolute atomic E-state index is 0.287. The highest BCUT2D eigenvalue weighted by molar-refractivity contribution is 9.10. The number of hydrogen-bond donors (Lipinski definition) is 1. The lowest BCUT2D eigenvalue weighted by Crippen LogP contribution is -2.64. The molecule has 110 valence electrons.